The third-order valence-corrected chi connectivity index (χ3v) is 2.77. The van der Waals surface area contributed by atoms with Crippen LogP contribution in [0.1, 0.15) is 15.9 Å². The molecule has 0 aliphatic carbocycles. The zero-order valence-electron chi connectivity index (χ0n) is 9.91. The highest BCUT2D eigenvalue weighted by Gasteiger charge is 2.30. The Morgan fingerprint density at radius 2 is 1.80 bits per heavy atom. The molecular formula is C13H8ClF3N2O. The lowest BCUT2D eigenvalue weighted by Crippen LogP contribution is -2.14. The second-order valence-electron chi connectivity index (χ2n) is 3.86. The topological polar surface area (TPSA) is 42.0 Å². The monoisotopic (exact) mass is 300 g/mol. The Morgan fingerprint density at radius 1 is 1.15 bits per heavy atom. The van der Waals surface area contributed by atoms with E-state index in [0.29, 0.717) is 0 Å². The molecule has 2 rings (SSSR count). The van der Waals surface area contributed by atoms with Gasteiger partial charge in [-0.15, -0.1) is 0 Å². The number of nitrogens with one attached hydrogen (secondary N) is 1. The summed E-state index contributed by atoms with van der Waals surface area (Å²) in [4.78, 5) is 15.7. The van der Waals surface area contributed by atoms with E-state index in [-0.39, 0.29) is 16.4 Å². The maximum atomic E-state index is 12.4. The first kappa shape index (κ1) is 14.3. The number of hydrogen-bond donors (Lipinski definition) is 1. The van der Waals surface area contributed by atoms with Crippen LogP contribution in [0, 0.1) is 0 Å². The van der Waals surface area contributed by atoms with E-state index in [4.69, 9.17) is 11.6 Å². The van der Waals surface area contributed by atoms with Gasteiger partial charge in [-0.3, -0.25) is 4.79 Å². The molecule has 1 N–H and O–H groups in total. The van der Waals surface area contributed by atoms with Crippen molar-refractivity contribution < 1.29 is 18.0 Å². The molecule has 0 unspecified atom stereocenters. The molecule has 104 valence electrons. The molecule has 7 heteroatoms. The van der Waals surface area contributed by atoms with E-state index in [9.17, 15) is 18.0 Å². The standard InChI is InChI=1S/C13H8ClF3N2O/c14-10-2-1-7-18-11(10)19-12(20)8-3-5-9(6-4-8)13(15,16)17/h1-7H,(H,18,19,20). The molecule has 0 bridgehead atoms. The zero-order valence-corrected chi connectivity index (χ0v) is 10.7. The van der Waals surface area contributed by atoms with E-state index < -0.39 is 17.6 Å². The number of hydrogen-bond acceptors (Lipinski definition) is 2. The van der Waals surface area contributed by atoms with Gasteiger partial charge in [0.2, 0.25) is 0 Å². The summed E-state index contributed by atoms with van der Waals surface area (Å²) in [7, 11) is 0. The Hall–Kier alpha value is -2.08. The van der Waals surface area contributed by atoms with Crippen LogP contribution in [0.3, 0.4) is 0 Å². The molecular weight excluding hydrogens is 293 g/mol. The minimum atomic E-state index is -4.43. The molecule has 0 radical (unpaired) electrons. The van der Waals surface area contributed by atoms with Crippen LogP contribution in [0.5, 0.6) is 0 Å². The predicted molar refractivity (Wildman–Crippen MR) is 68.6 cm³/mol. The molecule has 0 aliphatic heterocycles. The summed E-state index contributed by atoms with van der Waals surface area (Å²) >= 11 is 5.81. The zero-order chi connectivity index (χ0) is 14.8. The van der Waals surface area contributed by atoms with Gasteiger partial charge < -0.3 is 5.32 Å². The second kappa shape index (κ2) is 5.50. The SMILES string of the molecule is O=C(Nc1ncccc1Cl)c1ccc(C(F)(F)F)cc1. The number of nitrogens with zero attached hydrogens (tertiary/aromatic N) is 1. The van der Waals surface area contributed by atoms with E-state index >= 15 is 0 Å². The Balaban J connectivity index is 2.16. The van der Waals surface area contributed by atoms with E-state index in [1.165, 1.54) is 12.3 Å². The normalized spacial score (nSPS) is 11.2. The summed E-state index contributed by atoms with van der Waals surface area (Å²) < 4.78 is 37.2. The van der Waals surface area contributed by atoms with Crippen LogP contribution in [0.4, 0.5) is 19.0 Å². The van der Waals surface area contributed by atoms with Gasteiger partial charge in [0.15, 0.2) is 5.82 Å². The molecule has 1 amide bonds. The third-order valence-electron chi connectivity index (χ3n) is 2.46. The van der Waals surface area contributed by atoms with Crippen LogP contribution in [-0.2, 0) is 6.18 Å². The number of benzene rings is 1. The highest BCUT2D eigenvalue weighted by molar-refractivity contribution is 6.33. The largest absolute Gasteiger partial charge is 0.416 e. The van der Waals surface area contributed by atoms with Crippen molar-refractivity contribution >= 4 is 23.3 Å². The smallest absolute Gasteiger partial charge is 0.305 e. The number of anilines is 1. The van der Waals surface area contributed by atoms with Crippen LogP contribution in [0.25, 0.3) is 0 Å². The lowest BCUT2D eigenvalue weighted by molar-refractivity contribution is -0.137. The summed E-state index contributed by atoms with van der Waals surface area (Å²) in [6.45, 7) is 0. The van der Waals surface area contributed by atoms with Crippen LogP contribution >= 0.6 is 11.6 Å². The van der Waals surface area contributed by atoms with E-state index in [1.54, 1.807) is 6.07 Å². The van der Waals surface area contributed by atoms with Crippen molar-refractivity contribution in [3.8, 4) is 0 Å². The van der Waals surface area contributed by atoms with E-state index in [2.05, 4.69) is 10.3 Å². The van der Waals surface area contributed by atoms with Gasteiger partial charge in [0, 0.05) is 11.8 Å². The molecule has 0 aliphatic rings. The molecule has 3 nitrogen and oxygen atoms in total. The van der Waals surface area contributed by atoms with Crippen LogP contribution in [-0.4, -0.2) is 10.9 Å². The summed E-state index contributed by atoms with van der Waals surface area (Å²) in [6.07, 6.45) is -2.99. The number of halogens is 4. The maximum absolute atomic E-state index is 12.4. The molecule has 20 heavy (non-hydrogen) atoms. The highest BCUT2D eigenvalue weighted by Crippen LogP contribution is 2.29. The highest BCUT2D eigenvalue weighted by atomic mass is 35.5. The second-order valence-corrected chi connectivity index (χ2v) is 4.27. The van der Waals surface area contributed by atoms with Crippen LogP contribution in [0.2, 0.25) is 5.02 Å². The van der Waals surface area contributed by atoms with Gasteiger partial charge in [-0.25, -0.2) is 4.98 Å². The van der Waals surface area contributed by atoms with Gasteiger partial charge in [-0.2, -0.15) is 13.2 Å². The summed E-state index contributed by atoms with van der Waals surface area (Å²) in [5.41, 5.74) is -0.732. The average molecular weight is 301 g/mol. The number of aromatic nitrogens is 1. The Morgan fingerprint density at radius 3 is 2.35 bits per heavy atom. The van der Waals surface area contributed by atoms with Gasteiger partial charge in [-0.05, 0) is 36.4 Å². The lowest BCUT2D eigenvalue weighted by atomic mass is 10.1. The third kappa shape index (κ3) is 3.27. The van der Waals surface area contributed by atoms with Gasteiger partial charge in [0.25, 0.3) is 5.91 Å². The molecule has 0 fully saturated rings. The Bertz CT molecular complexity index is 626. The average Bonchev–Trinajstić information content (AvgIpc) is 2.40. The minimum Gasteiger partial charge on any atom is -0.305 e. The van der Waals surface area contributed by atoms with Crippen molar-refractivity contribution in [3.63, 3.8) is 0 Å². The van der Waals surface area contributed by atoms with Gasteiger partial charge in [-0.1, -0.05) is 11.6 Å². The summed E-state index contributed by atoms with van der Waals surface area (Å²) in [6, 6.07) is 7.00. The molecule has 2 aromatic rings. The summed E-state index contributed by atoms with van der Waals surface area (Å²) in [5.74, 6) is -0.432. The van der Waals surface area contributed by atoms with Crippen molar-refractivity contribution in [2.45, 2.75) is 6.18 Å². The summed E-state index contributed by atoms with van der Waals surface area (Å²) in [5, 5.41) is 2.66. The first-order chi connectivity index (χ1) is 9.38. The fourth-order valence-electron chi connectivity index (χ4n) is 1.47. The van der Waals surface area contributed by atoms with Crippen LogP contribution < -0.4 is 5.32 Å². The maximum Gasteiger partial charge on any atom is 0.416 e. The molecule has 0 saturated carbocycles. The van der Waals surface area contributed by atoms with E-state index in [1.807, 2.05) is 0 Å². The van der Waals surface area contributed by atoms with Crippen LogP contribution in [0.15, 0.2) is 42.6 Å². The fourth-order valence-corrected chi connectivity index (χ4v) is 1.64. The molecule has 1 heterocycles. The van der Waals surface area contributed by atoms with Crippen molar-refractivity contribution in [1.82, 2.24) is 4.98 Å². The lowest BCUT2D eigenvalue weighted by Gasteiger charge is -2.08. The molecule has 1 aromatic heterocycles. The molecule has 0 saturated heterocycles. The van der Waals surface area contributed by atoms with Gasteiger partial charge in [0.05, 0.1) is 10.6 Å². The van der Waals surface area contributed by atoms with E-state index in [0.717, 1.165) is 24.3 Å². The van der Waals surface area contributed by atoms with Crippen molar-refractivity contribution in [1.29, 1.82) is 0 Å². The fraction of sp³-hybridized carbons (Fsp3) is 0.0769. The number of amides is 1. The number of alkyl halides is 3. The number of carbonyl (C=O) groups excluding carboxylic acids is 1. The van der Waals surface area contributed by atoms with Gasteiger partial charge >= 0.3 is 6.18 Å². The van der Waals surface area contributed by atoms with Gasteiger partial charge in [0.1, 0.15) is 0 Å². The van der Waals surface area contributed by atoms with Crippen molar-refractivity contribution in [3.05, 3.63) is 58.7 Å². The first-order valence-electron chi connectivity index (χ1n) is 5.47. The predicted octanol–water partition coefficient (Wildman–Crippen LogP) is 4.01. The quantitative estimate of drug-likeness (QED) is 0.910. The molecule has 1 aromatic carbocycles. The Kier molecular flexibility index (Phi) is 3.94. The van der Waals surface area contributed by atoms with Crippen molar-refractivity contribution in [2.24, 2.45) is 0 Å². The van der Waals surface area contributed by atoms with Crippen molar-refractivity contribution in [2.75, 3.05) is 5.32 Å². The number of rotatable bonds is 2. The minimum absolute atomic E-state index is 0.0831. The molecule has 0 atom stereocenters. The first-order valence-corrected chi connectivity index (χ1v) is 5.85. The Labute approximate surface area is 117 Å². The molecule has 0 spiro atoms. The number of pyridine rings is 1. The number of carbonyl (C=O) groups is 1.